The number of alkyl halides is 2. The lowest BCUT2D eigenvalue weighted by Gasteiger charge is -2.23. The van der Waals surface area contributed by atoms with Crippen molar-refractivity contribution in [3.63, 3.8) is 0 Å². The van der Waals surface area contributed by atoms with Crippen molar-refractivity contribution >= 4 is 47.8 Å². The molecule has 0 radical (unpaired) electrons. The molecule has 0 aromatic carbocycles. The van der Waals surface area contributed by atoms with E-state index in [0.717, 1.165) is 11.8 Å². The van der Waals surface area contributed by atoms with Crippen molar-refractivity contribution in [3.8, 4) is 0 Å². The van der Waals surface area contributed by atoms with Crippen LogP contribution in [0.2, 0.25) is 0 Å². The molecule has 0 saturated heterocycles. The van der Waals surface area contributed by atoms with Gasteiger partial charge in [-0.25, -0.2) is 0 Å². The molecule has 3 heteroatoms. The van der Waals surface area contributed by atoms with E-state index < -0.39 is 0 Å². The topological polar surface area (TPSA) is 0 Å². The fraction of sp³-hybridized carbons (Fsp3) is 0.750. The molecular formula is C8H9Br3. The van der Waals surface area contributed by atoms with Gasteiger partial charge in [-0.05, 0) is 29.2 Å². The van der Waals surface area contributed by atoms with Crippen LogP contribution in [0.3, 0.4) is 0 Å². The predicted octanol–water partition coefficient (Wildman–Crippen LogP) is 3.83. The van der Waals surface area contributed by atoms with Crippen LogP contribution in [-0.2, 0) is 0 Å². The highest BCUT2D eigenvalue weighted by molar-refractivity contribution is 9.11. The zero-order chi connectivity index (χ0) is 8.01. The number of hydrogen-bond acceptors (Lipinski definition) is 0. The molecule has 2 aliphatic carbocycles. The van der Waals surface area contributed by atoms with Crippen LogP contribution in [0.25, 0.3) is 0 Å². The molecule has 4 atom stereocenters. The molecule has 0 aromatic heterocycles. The largest absolute Gasteiger partial charge is 0.0887 e. The summed E-state index contributed by atoms with van der Waals surface area (Å²) in [5.41, 5.74) is 0. The van der Waals surface area contributed by atoms with Crippen molar-refractivity contribution in [1.82, 2.24) is 0 Å². The van der Waals surface area contributed by atoms with Gasteiger partial charge in [0.2, 0.25) is 0 Å². The Morgan fingerprint density at radius 1 is 1.36 bits per heavy atom. The Bertz CT molecular complexity index is 200. The van der Waals surface area contributed by atoms with E-state index in [9.17, 15) is 0 Å². The molecule has 0 spiro atoms. The summed E-state index contributed by atoms with van der Waals surface area (Å²) in [6.07, 6.45) is 4.84. The second kappa shape index (κ2) is 3.15. The van der Waals surface area contributed by atoms with E-state index in [2.05, 4.69) is 53.9 Å². The Balaban J connectivity index is 2.25. The van der Waals surface area contributed by atoms with Gasteiger partial charge in [-0.2, -0.15) is 0 Å². The quantitative estimate of drug-likeness (QED) is 0.586. The van der Waals surface area contributed by atoms with Gasteiger partial charge in [0.1, 0.15) is 0 Å². The Morgan fingerprint density at radius 2 is 2.09 bits per heavy atom. The summed E-state index contributed by atoms with van der Waals surface area (Å²) >= 11 is 11.1. The Labute approximate surface area is 92.2 Å². The molecule has 2 aliphatic rings. The standard InChI is InChI=1S/C8H9Br3/c9-5-1-4-2-7(10)6(3-5)8(4)11/h1,4,6-8H,2-3H2. The van der Waals surface area contributed by atoms with Gasteiger partial charge in [-0.15, -0.1) is 0 Å². The molecule has 1 saturated carbocycles. The van der Waals surface area contributed by atoms with Gasteiger partial charge >= 0.3 is 0 Å². The minimum atomic E-state index is 0.702. The van der Waals surface area contributed by atoms with E-state index in [-0.39, 0.29) is 0 Å². The van der Waals surface area contributed by atoms with Crippen molar-refractivity contribution in [1.29, 1.82) is 0 Å². The van der Waals surface area contributed by atoms with Gasteiger partial charge in [-0.3, -0.25) is 0 Å². The van der Waals surface area contributed by atoms with Crippen LogP contribution in [-0.4, -0.2) is 9.65 Å². The Morgan fingerprint density at radius 3 is 2.73 bits per heavy atom. The Kier molecular flexibility index (Phi) is 2.51. The first-order valence-corrected chi connectivity index (χ1v) is 6.45. The van der Waals surface area contributed by atoms with Gasteiger partial charge in [0.15, 0.2) is 0 Å². The van der Waals surface area contributed by atoms with Crippen LogP contribution in [0.5, 0.6) is 0 Å². The van der Waals surface area contributed by atoms with E-state index in [1.54, 1.807) is 0 Å². The molecular weight excluding hydrogens is 336 g/mol. The lowest BCUT2D eigenvalue weighted by atomic mass is 9.95. The first-order valence-electron chi connectivity index (χ1n) is 3.83. The predicted molar refractivity (Wildman–Crippen MR) is 58.7 cm³/mol. The lowest BCUT2D eigenvalue weighted by molar-refractivity contribution is 0.549. The number of fused-ring (bicyclic) bond motifs is 2. The average molecular weight is 345 g/mol. The monoisotopic (exact) mass is 342 g/mol. The summed E-state index contributed by atoms with van der Waals surface area (Å²) < 4.78 is 1.39. The molecule has 0 amide bonds. The number of rotatable bonds is 0. The summed E-state index contributed by atoms with van der Waals surface area (Å²) in [5.74, 6) is 1.53. The molecule has 2 bridgehead atoms. The van der Waals surface area contributed by atoms with E-state index in [1.165, 1.54) is 17.3 Å². The van der Waals surface area contributed by atoms with Crippen molar-refractivity contribution in [2.45, 2.75) is 22.5 Å². The smallest absolute Gasteiger partial charge is 0.0251 e. The molecule has 0 nitrogen and oxygen atoms in total. The molecule has 0 N–H and O–H groups in total. The normalized spacial score (nSPS) is 49.2. The van der Waals surface area contributed by atoms with E-state index >= 15 is 0 Å². The second-order valence-electron chi connectivity index (χ2n) is 3.34. The maximum Gasteiger partial charge on any atom is 0.0251 e. The minimum Gasteiger partial charge on any atom is -0.0887 e. The van der Waals surface area contributed by atoms with Crippen LogP contribution in [0.15, 0.2) is 10.6 Å². The average Bonchev–Trinajstić information content (AvgIpc) is 2.17. The van der Waals surface area contributed by atoms with Crippen LogP contribution in [0, 0.1) is 11.8 Å². The van der Waals surface area contributed by atoms with Crippen molar-refractivity contribution in [3.05, 3.63) is 10.6 Å². The lowest BCUT2D eigenvalue weighted by Crippen LogP contribution is -2.20. The summed E-state index contributed by atoms with van der Waals surface area (Å²) in [7, 11) is 0. The maximum absolute atomic E-state index is 3.75. The van der Waals surface area contributed by atoms with Crippen LogP contribution in [0.1, 0.15) is 12.8 Å². The number of hydrogen-bond donors (Lipinski definition) is 0. The Hall–Kier alpha value is 1.18. The number of halogens is 3. The maximum atomic E-state index is 3.75. The first kappa shape index (κ1) is 8.76. The van der Waals surface area contributed by atoms with Crippen LogP contribution >= 0.6 is 47.8 Å². The van der Waals surface area contributed by atoms with Gasteiger partial charge in [0, 0.05) is 9.65 Å². The molecule has 0 heterocycles. The van der Waals surface area contributed by atoms with Gasteiger partial charge < -0.3 is 0 Å². The molecule has 4 unspecified atom stereocenters. The molecule has 2 rings (SSSR count). The van der Waals surface area contributed by atoms with E-state index in [0.29, 0.717) is 9.65 Å². The highest BCUT2D eigenvalue weighted by Gasteiger charge is 2.42. The van der Waals surface area contributed by atoms with Crippen molar-refractivity contribution in [2.75, 3.05) is 0 Å². The first-order chi connectivity index (χ1) is 5.18. The van der Waals surface area contributed by atoms with Crippen molar-refractivity contribution in [2.24, 2.45) is 11.8 Å². The SMILES string of the molecule is BrC1=CC2CC(Br)C(C1)C2Br. The summed E-state index contributed by atoms with van der Waals surface area (Å²) in [4.78, 5) is 1.41. The molecule has 0 aromatic rings. The minimum absolute atomic E-state index is 0.702. The van der Waals surface area contributed by atoms with E-state index in [1.807, 2.05) is 0 Å². The van der Waals surface area contributed by atoms with Gasteiger partial charge in [0.25, 0.3) is 0 Å². The van der Waals surface area contributed by atoms with Crippen LogP contribution in [0.4, 0.5) is 0 Å². The summed E-state index contributed by atoms with van der Waals surface area (Å²) in [6.45, 7) is 0. The fourth-order valence-electron chi connectivity index (χ4n) is 2.01. The fourth-order valence-corrected chi connectivity index (χ4v) is 5.00. The molecule has 0 aliphatic heterocycles. The highest BCUT2D eigenvalue weighted by atomic mass is 79.9. The third kappa shape index (κ3) is 1.49. The molecule has 1 fully saturated rings. The van der Waals surface area contributed by atoms with E-state index in [4.69, 9.17) is 0 Å². The van der Waals surface area contributed by atoms with Crippen molar-refractivity contribution < 1.29 is 0 Å². The van der Waals surface area contributed by atoms with Crippen LogP contribution < -0.4 is 0 Å². The van der Waals surface area contributed by atoms with Gasteiger partial charge in [-0.1, -0.05) is 53.9 Å². The summed E-state index contributed by atoms with van der Waals surface area (Å²) in [5, 5.41) is 0. The zero-order valence-electron chi connectivity index (χ0n) is 5.93. The van der Waals surface area contributed by atoms with Gasteiger partial charge in [0.05, 0.1) is 0 Å². The third-order valence-corrected chi connectivity index (χ3v) is 5.60. The number of allylic oxidation sites excluding steroid dienone is 2. The molecule has 11 heavy (non-hydrogen) atoms. The molecule has 62 valence electrons. The summed E-state index contributed by atoms with van der Waals surface area (Å²) in [6, 6.07) is 0. The zero-order valence-corrected chi connectivity index (χ0v) is 10.7. The third-order valence-electron chi connectivity index (χ3n) is 2.61. The highest BCUT2D eigenvalue weighted by Crippen LogP contribution is 2.49. The second-order valence-corrected chi connectivity index (χ2v) is 6.59.